The van der Waals surface area contributed by atoms with Crippen molar-refractivity contribution < 1.29 is 26.8 Å². The Hall–Kier alpha value is -1.35. The maximum Gasteiger partial charge on any atom is 0.0687 e. The van der Waals surface area contributed by atoms with Crippen molar-refractivity contribution in [2.45, 2.75) is 26.9 Å². The van der Waals surface area contributed by atoms with Gasteiger partial charge in [0.2, 0.25) is 0 Å². The van der Waals surface area contributed by atoms with Gasteiger partial charge in [-0.1, -0.05) is 72.3 Å². The number of benzene rings is 3. The molecule has 0 aromatic heterocycles. The molecule has 144 valence electrons. The van der Waals surface area contributed by atoms with Crippen LogP contribution in [-0.2, 0) is 28.3 Å². The van der Waals surface area contributed by atoms with Crippen molar-refractivity contribution in [2.75, 3.05) is 0 Å². The predicted molar refractivity (Wildman–Crippen MR) is 121 cm³/mol. The van der Waals surface area contributed by atoms with Crippen molar-refractivity contribution in [1.29, 1.82) is 0 Å². The summed E-state index contributed by atoms with van der Waals surface area (Å²) in [7, 11) is 0. The Balaban J connectivity index is 0.00000131. The van der Waals surface area contributed by atoms with E-state index in [1.54, 1.807) is 0 Å². The van der Waals surface area contributed by atoms with Crippen LogP contribution in [0.4, 0.5) is 0 Å². The Morgan fingerprint density at radius 1 is 0.821 bits per heavy atom. The molecule has 0 saturated carbocycles. The van der Waals surface area contributed by atoms with Gasteiger partial charge in [-0.15, -0.1) is 24.8 Å². The first-order valence-electron chi connectivity index (χ1n) is 8.77. The summed E-state index contributed by atoms with van der Waals surface area (Å²) in [6.07, 6.45) is 3.28. The molecule has 4 heteroatoms. The van der Waals surface area contributed by atoms with Gasteiger partial charge in [-0.3, -0.25) is 0 Å². The van der Waals surface area contributed by atoms with Crippen LogP contribution >= 0.6 is 24.8 Å². The van der Waals surface area contributed by atoms with Crippen LogP contribution in [0.25, 0.3) is 27.5 Å². The average Bonchev–Trinajstić information content (AvgIpc) is 2.98. The van der Waals surface area contributed by atoms with Gasteiger partial charge in [0, 0.05) is 21.7 Å². The van der Waals surface area contributed by atoms with Crippen molar-refractivity contribution >= 4 is 41.2 Å². The number of aliphatic hydroxyl groups excluding tert-OH is 1. The van der Waals surface area contributed by atoms with Gasteiger partial charge >= 0.3 is 0 Å². The molecule has 0 atom stereocenters. The first kappa shape index (κ1) is 24.7. The van der Waals surface area contributed by atoms with Crippen LogP contribution in [0.2, 0.25) is 0 Å². The minimum absolute atomic E-state index is 0. The van der Waals surface area contributed by atoms with Gasteiger partial charge in [-0.25, -0.2) is 0 Å². The monoisotopic (exact) mass is 446 g/mol. The van der Waals surface area contributed by atoms with Gasteiger partial charge < -0.3 is 5.11 Å². The Labute approximate surface area is 194 Å². The van der Waals surface area contributed by atoms with E-state index in [2.05, 4.69) is 68.5 Å². The summed E-state index contributed by atoms with van der Waals surface area (Å²) >= 11 is 0. The van der Waals surface area contributed by atoms with E-state index in [0.29, 0.717) is 0 Å². The molecule has 3 aromatic carbocycles. The summed E-state index contributed by atoms with van der Waals surface area (Å²) in [5.74, 6) is 0. The summed E-state index contributed by atoms with van der Waals surface area (Å²) in [6.45, 7) is 4.44. The van der Waals surface area contributed by atoms with Crippen LogP contribution in [-0.4, -0.2) is 5.11 Å². The molecule has 0 spiro atoms. The Morgan fingerprint density at radius 2 is 1.50 bits per heavy atom. The van der Waals surface area contributed by atoms with Crippen molar-refractivity contribution in [3.05, 3.63) is 89.0 Å². The van der Waals surface area contributed by atoms with Crippen LogP contribution in [0, 0.1) is 0 Å². The van der Waals surface area contributed by atoms with Crippen LogP contribution in [0.3, 0.4) is 0 Å². The molecule has 0 amide bonds. The van der Waals surface area contributed by atoms with Crippen LogP contribution < -0.4 is 0 Å². The standard InChI is InChI=1S/C24H22O.2ClH.Ti/c1-16-13-17(2)23(14-16)22-12-11-18-7-3-5-9-20(18)24(22)21-10-6-4-8-19(21)15-25;;;/h3-13,25H,14-15H2,1-2H3;2*1H;. The number of hydrogen-bond acceptors (Lipinski definition) is 1. The van der Waals surface area contributed by atoms with Crippen molar-refractivity contribution in [2.24, 2.45) is 0 Å². The van der Waals surface area contributed by atoms with E-state index >= 15 is 0 Å². The second kappa shape index (κ2) is 10.4. The summed E-state index contributed by atoms with van der Waals surface area (Å²) in [6, 6.07) is 21.2. The number of rotatable bonds is 3. The summed E-state index contributed by atoms with van der Waals surface area (Å²) in [4.78, 5) is 0. The topological polar surface area (TPSA) is 20.2 Å². The van der Waals surface area contributed by atoms with Crippen molar-refractivity contribution in [3.63, 3.8) is 0 Å². The molecule has 0 unspecified atom stereocenters. The van der Waals surface area contributed by atoms with Gasteiger partial charge in [0.25, 0.3) is 0 Å². The molecule has 1 aliphatic carbocycles. The predicted octanol–water partition coefficient (Wildman–Crippen LogP) is 6.96. The van der Waals surface area contributed by atoms with E-state index in [1.807, 2.05) is 12.1 Å². The fourth-order valence-corrected chi connectivity index (χ4v) is 3.95. The Morgan fingerprint density at radius 3 is 2.18 bits per heavy atom. The molecule has 0 bridgehead atoms. The molecular weight excluding hydrogens is 423 g/mol. The summed E-state index contributed by atoms with van der Waals surface area (Å²) in [5.41, 5.74) is 8.76. The summed E-state index contributed by atoms with van der Waals surface area (Å²) < 4.78 is 0. The van der Waals surface area contributed by atoms with Crippen molar-refractivity contribution in [1.82, 2.24) is 0 Å². The Bertz CT molecular complexity index is 1040. The van der Waals surface area contributed by atoms with E-state index in [4.69, 9.17) is 0 Å². The zero-order chi connectivity index (χ0) is 17.4. The van der Waals surface area contributed by atoms with Crippen LogP contribution in [0.5, 0.6) is 0 Å². The second-order valence-electron chi connectivity index (χ2n) is 6.85. The number of allylic oxidation sites excluding steroid dienone is 4. The quantitative estimate of drug-likeness (QED) is 0.431. The van der Waals surface area contributed by atoms with E-state index in [-0.39, 0.29) is 53.1 Å². The van der Waals surface area contributed by atoms with Crippen molar-refractivity contribution in [3.8, 4) is 11.1 Å². The molecule has 1 aliphatic rings. The number of fused-ring (bicyclic) bond motifs is 1. The molecule has 1 nitrogen and oxygen atoms in total. The van der Waals surface area contributed by atoms with Crippen LogP contribution in [0.1, 0.15) is 31.4 Å². The van der Waals surface area contributed by atoms with Crippen LogP contribution in [0.15, 0.2) is 77.9 Å². The minimum atomic E-state index is 0. The van der Waals surface area contributed by atoms with E-state index in [0.717, 1.165) is 17.5 Å². The molecule has 0 radical (unpaired) electrons. The zero-order valence-electron chi connectivity index (χ0n) is 16.0. The fraction of sp³-hybridized carbons (Fsp3) is 0.167. The van der Waals surface area contributed by atoms with Gasteiger partial charge in [-0.2, -0.15) is 0 Å². The van der Waals surface area contributed by atoms with E-state index in [9.17, 15) is 5.11 Å². The molecule has 3 aromatic rings. The normalized spacial score (nSPS) is 12.8. The SMILES string of the molecule is CC1=CC(C)=C(c2ccc3ccccc3c2-c2ccccc2CO)C1.Cl.Cl.[Ti]. The molecular formula is C24H24Cl2OTi. The molecule has 0 saturated heterocycles. The van der Waals surface area contributed by atoms with Gasteiger partial charge in [0.1, 0.15) is 0 Å². The molecule has 4 rings (SSSR count). The molecule has 1 N–H and O–H groups in total. The number of aliphatic hydroxyl groups is 1. The third-order valence-electron chi connectivity index (χ3n) is 5.11. The second-order valence-corrected chi connectivity index (χ2v) is 6.85. The zero-order valence-corrected chi connectivity index (χ0v) is 19.2. The molecule has 0 fully saturated rings. The summed E-state index contributed by atoms with van der Waals surface area (Å²) in [5, 5.41) is 12.4. The third kappa shape index (κ3) is 4.45. The molecule has 0 heterocycles. The number of halogens is 2. The minimum Gasteiger partial charge on any atom is -0.392 e. The maximum absolute atomic E-state index is 9.88. The Kier molecular flexibility index (Phi) is 9.20. The average molecular weight is 447 g/mol. The van der Waals surface area contributed by atoms with E-state index < -0.39 is 0 Å². The first-order valence-corrected chi connectivity index (χ1v) is 8.77. The molecule has 28 heavy (non-hydrogen) atoms. The molecule has 0 aliphatic heterocycles. The van der Waals surface area contributed by atoms with Gasteiger partial charge in [0.05, 0.1) is 6.61 Å². The van der Waals surface area contributed by atoms with Gasteiger partial charge in [0.15, 0.2) is 0 Å². The van der Waals surface area contributed by atoms with Gasteiger partial charge in [-0.05, 0) is 64.4 Å². The largest absolute Gasteiger partial charge is 0.392 e. The van der Waals surface area contributed by atoms with E-state index in [1.165, 1.54) is 38.6 Å². The number of hydrogen-bond donors (Lipinski definition) is 1. The first-order chi connectivity index (χ1) is 12.2. The maximum atomic E-state index is 9.88. The third-order valence-corrected chi connectivity index (χ3v) is 5.11. The smallest absolute Gasteiger partial charge is 0.0687 e. The fourth-order valence-electron chi connectivity index (χ4n) is 3.95.